The van der Waals surface area contributed by atoms with Crippen LogP contribution >= 0.6 is 0 Å². The van der Waals surface area contributed by atoms with Gasteiger partial charge < -0.3 is 10.2 Å². The molecule has 1 N–H and O–H groups in total. The summed E-state index contributed by atoms with van der Waals surface area (Å²) in [6, 6.07) is 18.0. The summed E-state index contributed by atoms with van der Waals surface area (Å²) in [6.07, 6.45) is 3.48. The van der Waals surface area contributed by atoms with E-state index < -0.39 is 0 Å². The van der Waals surface area contributed by atoms with Crippen LogP contribution in [0.15, 0.2) is 60.8 Å². The Morgan fingerprint density at radius 1 is 1.15 bits per heavy atom. The van der Waals surface area contributed by atoms with Gasteiger partial charge in [-0.1, -0.05) is 37.3 Å². The zero-order valence-electron chi connectivity index (χ0n) is 15.5. The van der Waals surface area contributed by atoms with Crippen LogP contribution in [0.5, 0.6) is 0 Å². The normalized spacial score (nSPS) is 15.5. The third kappa shape index (κ3) is 3.40. The molecule has 5 heteroatoms. The lowest BCUT2D eigenvalue weighted by atomic mass is 10.1. The first-order valence-corrected chi connectivity index (χ1v) is 9.26. The molecule has 0 radical (unpaired) electrons. The zero-order valence-corrected chi connectivity index (χ0v) is 15.5. The minimum absolute atomic E-state index is 0.0979. The number of fused-ring (bicyclic) bond motifs is 1. The van der Waals surface area contributed by atoms with Gasteiger partial charge in [-0.25, -0.2) is 9.97 Å². The minimum atomic E-state index is -0.0979. The summed E-state index contributed by atoms with van der Waals surface area (Å²) in [6.45, 7) is 4.19. The average molecular weight is 358 g/mol. The van der Waals surface area contributed by atoms with Crippen molar-refractivity contribution in [2.75, 3.05) is 10.2 Å². The van der Waals surface area contributed by atoms with Crippen molar-refractivity contribution in [3.8, 4) is 0 Å². The predicted molar refractivity (Wildman–Crippen MR) is 108 cm³/mol. The Balaban J connectivity index is 1.57. The van der Waals surface area contributed by atoms with Gasteiger partial charge in [-0.3, -0.25) is 4.79 Å². The van der Waals surface area contributed by atoms with Crippen LogP contribution in [0.2, 0.25) is 0 Å². The Kier molecular flexibility index (Phi) is 4.59. The van der Waals surface area contributed by atoms with Crippen molar-refractivity contribution in [3.05, 3.63) is 77.6 Å². The molecule has 1 amide bonds. The SMILES string of the molecule is CCc1ccc(Nc2nccc(C(=O)N3c4ccccc4CC3C)n2)cc1. The van der Waals surface area contributed by atoms with Gasteiger partial charge in [0.15, 0.2) is 0 Å². The zero-order chi connectivity index (χ0) is 18.8. The van der Waals surface area contributed by atoms with Gasteiger partial charge in [-0.05, 0) is 55.2 Å². The Bertz CT molecular complexity index is 968. The van der Waals surface area contributed by atoms with Gasteiger partial charge >= 0.3 is 0 Å². The molecule has 2 aromatic carbocycles. The van der Waals surface area contributed by atoms with Crippen LogP contribution in [0.1, 0.15) is 35.5 Å². The van der Waals surface area contributed by atoms with E-state index in [9.17, 15) is 4.79 Å². The molecule has 27 heavy (non-hydrogen) atoms. The lowest BCUT2D eigenvalue weighted by Gasteiger charge is -2.22. The first kappa shape index (κ1) is 17.2. The second-order valence-corrected chi connectivity index (χ2v) is 6.80. The number of hydrogen-bond acceptors (Lipinski definition) is 4. The maximum atomic E-state index is 13.1. The number of nitrogens with one attached hydrogen (secondary N) is 1. The molecule has 0 aliphatic carbocycles. The standard InChI is InChI=1S/C22H22N4O/c1-3-16-8-10-18(11-9-16)24-22-23-13-12-19(25-22)21(27)26-15(2)14-17-6-4-5-7-20(17)26/h4-13,15H,3,14H2,1-2H3,(H,23,24,25). The molecule has 1 aromatic heterocycles. The molecule has 0 fully saturated rings. The Morgan fingerprint density at radius 2 is 1.93 bits per heavy atom. The lowest BCUT2D eigenvalue weighted by molar-refractivity contribution is 0.0976. The summed E-state index contributed by atoms with van der Waals surface area (Å²) in [4.78, 5) is 23.7. The highest BCUT2D eigenvalue weighted by atomic mass is 16.2. The second-order valence-electron chi connectivity index (χ2n) is 6.80. The van der Waals surface area contributed by atoms with Gasteiger partial charge in [0.05, 0.1) is 0 Å². The highest BCUT2D eigenvalue weighted by Gasteiger charge is 2.31. The van der Waals surface area contributed by atoms with Crippen LogP contribution in [0.25, 0.3) is 0 Å². The van der Waals surface area contributed by atoms with E-state index in [1.54, 1.807) is 12.3 Å². The monoisotopic (exact) mass is 358 g/mol. The average Bonchev–Trinajstić information content (AvgIpc) is 3.04. The summed E-state index contributed by atoms with van der Waals surface area (Å²) in [5.41, 5.74) is 4.73. The summed E-state index contributed by atoms with van der Waals surface area (Å²) in [5, 5.41) is 3.18. The number of aryl methyl sites for hydroxylation is 1. The number of hydrogen-bond donors (Lipinski definition) is 1. The molecule has 4 rings (SSSR count). The second kappa shape index (κ2) is 7.19. The number of carbonyl (C=O) groups excluding carboxylic acids is 1. The molecule has 0 spiro atoms. The summed E-state index contributed by atoms with van der Waals surface area (Å²) < 4.78 is 0. The molecule has 1 aliphatic heterocycles. The fourth-order valence-electron chi connectivity index (χ4n) is 3.49. The molecule has 2 heterocycles. The van der Waals surface area contributed by atoms with E-state index in [2.05, 4.69) is 47.3 Å². The third-order valence-corrected chi connectivity index (χ3v) is 4.92. The van der Waals surface area contributed by atoms with Gasteiger partial charge in [0.1, 0.15) is 5.69 Å². The molecule has 136 valence electrons. The van der Waals surface area contributed by atoms with Crippen LogP contribution in [0, 0.1) is 0 Å². The summed E-state index contributed by atoms with van der Waals surface area (Å²) >= 11 is 0. The van der Waals surface area contributed by atoms with E-state index in [1.807, 2.05) is 35.2 Å². The molecule has 1 aliphatic rings. The number of aromatic nitrogens is 2. The van der Waals surface area contributed by atoms with Crippen molar-refractivity contribution in [2.24, 2.45) is 0 Å². The highest BCUT2D eigenvalue weighted by molar-refractivity contribution is 6.06. The number of rotatable bonds is 4. The molecular weight excluding hydrogens is 336 g/mol. The largest absolute Gasteiger partial charge is 0.324 e. The van der Waals surface area contributed by atoms with E-state index in [4.69, 9.17) is 0 Å². The van der Waals surface area contributed by atoms with Crippen molar-refractivity contribution in [1.29, 1.82) is 0 Å². The highest BCUT2D eigenvalue weighted by Crippen LogP contribution is 2.32. The van der Waals surface area contributed by atoms with Crippen LogP contribution in [-0.4, -0.2) is 21.9 Å². The van der Waals surface area contributed by atoms with E-state index in [1.165, 1.54) is 11.1 Å². The van der Waals surface area contributed by atoms with E-state index in [-0.39, 0.29) is 11.9 Å². The van der Waals surface area contributed by atoms with Crippen LogP contribution in [0.3, 0.4) is 0 Å². The van der Waals surface area contributed by atoms with Crippen molar-refractivity contribution in [1.82, 2.24) is 9.97 Å². The minimum Gasteiger partial charge on any atom is -0.324 e. The number of amides is 1. The summed E-state index contributed by atoms with van der Waals surface area (Å²) in [7, 11) is 0. The van der Waals surface area contributed by atoms with Crippen molar-refractivity contribution < 1.29 is 4.79 Å². The number of anilines is 3. The molecule has 0 bridgehead atoms. The molecule has 3 aromatic rings. The first-order chi connectivity index (χ1) is 13.2. The Morgan fingerprint density at radius 3 is 2.70 bits per heavy atom. The maximum absolute atomic E-state index is 13.1. The fraction of sp³-hybridized carbons (Fsp3) is 0.227. The molecule has 0 saturated carbocycles. The van der Waals surface area contributed by atoms with Crippen molar-refractivity contribution >= 4 is 23.2 Å². The van der Waals surface area contributed by atoms with Crippen LogP contribution in [-0.2, 0) is 12.8 Å². The fourth-order valence-corrected chi connectivity index (χ4v) is 3.49. The first-order valence-electron chi connectivity index (χ1n) is 9.26. The maximum Gasteiger partial charge on any atom is 0.277 e. The predicted octanol–water partition coefficient (Wildman–Crippen LogP) is 4.37. The Hall–Kier alpha value is -3.21. The van der Waals surface area contributed by atoms with Crippen molar-refractivity contribution in [3.63, 3.8) is 0 Å². The molecule has 5 nitrogen and oxygen atoms in total. The quantitative estimate of drug-likeness (QED) is 0.752. The van der Waals surface area contributed by atoms with Crippen LogP contribution in [0.4, 0.5) is 17.3 Å². The number of para-hydroxylation sites is 1. The van der Waals surface area contributed by atoms with E-state index in [0.29, 0.717) is 11.6 Å². The number of carbonyl (C=O) groups is 1. The third-order valence-electron chi connectivity index (χ3n) is 4.92. The Labute approximate surface area is 159 Å². The van der Waals surface area contributed by atoms with Crippen LogP contribution < -0.4 is 10.2 Å². The number of nitrogens with zero attached hydrogens (tertiary/aromatic N) is 3. The molecular formula is C22H22N4O. The summed E-state index contributed by atoms with van der Waals surface area (Å²) in [5.74, 6) is 0.324. The van der Waals surface area contributed by atoms with Gasteiger partial charge in [-0.15, -0.1) is 0 Å². The van der Waals surface area contributed by atoms with Crippen molar-refractivity contribution in [2.45, 2.75) is 32.7 Å². The molecule has 0 saturated heterocycles. The molecule has 1 unspecified atom stereocenters. The lowest BCUT2D eigenvalue weighted by Crippen LogP contribution is -2.36. The van der Waals surface area contributed by atoms with Gasteiger partial charge in [0, 0.05) is 23.6 Å². The number of benzene rings is 2. The van der Waals surface area contributed by atoms with Gasteiger partial charge in [0.25, 0.3) is 5.91 Å². The topological polar surface area (TPSA) is 58.1 Å². The van der Waals surface area contributed by atoms with Gasteiger partial charge in [-0.2, -0.15) is 0 Å². The molecule has 1 atom stereocenters. The van der Waals surface area contributed by atoms with E-state index in [0.717, 1.165) is 24.2 Å². The van der Waals surface area contributed by atoms with Gasteiger partial charge in [0.2, 0.25) is 5.95 Å². The van der Waals surface area contributed by atoms with E-state index >= 15 is 0 Å². The smallest absolute Gasteiger partial charge is 0.277 e.